The number of hydrogen-bond acceptors (Lipinski definition) is 3. The molecule has 0 atom stereocenters. The average molecular weight is 329 g/mol. The van der Waals surface area contributed by atoms with Crippen molar-refractivity contribution in [1.82, 2.24) is 4.57 Å². The Morgan fingerprint density at radius 3 is 2.57 bits per heavy atom. The van der Waals surface area contributed by atoms with Gasteiger partial charge in [-0.3, -0.25) is 14.2 Å². The van der Waals surface area contributed by atoms with E-state index in [-0.39, 0.29) is 5.91 Å². The van der Waals surface area contributed by atoms with Crippen LogP contribution in [0.4, 0.5) is 0 Å². The monoisotopic (exact) mass is 328 g/mol. The van der Waals surface area contributed by atoms with Crippen LogP contribution in [0.5, 0.6) is 5.75 Å². The second-order valence-corrected chi connectivity index (χ2v) is 5.36. The van der Waals surface area contributed by atoms with Crippen molar-refractivity contribution in [3.05, 3.63) is 64.8 Å². The number of carbonyl (C=O) groups excluding carboxylic acids is 2. The number of primary amides is 1. The summed E-state index contributed by atoms with van der Waals surface area (Å²) in [5.74, 6) is -0.405. The maximum atomic E-state index is 12.8. The molecule has 3 aromatic rings. The highest BCUT2D eigenvalue weighted by Gasteiger charge is 2.18. The van der Waals surface area contributed by atoms with E-state index in [2.05, 4.69) is 0 Å². The van der Waals surface area contributed by atoms with Gasteiger partial charge in [0.25, 0.3) is 11.8 Å². The van der Waals surface area contributed by atoms with Gasteiger partial charge in [-0.2, -0.15) is 0 Å². The molecule has 0 aliphatic carbocycles. The minimum atomic E-state index is -0.583. The SMILES string of the molecule is COc1ccc(C(=O)n2cc(C(N)=O)c3ccccc32)cc1Cl. The van der Waals surface area contributed by atoms with Crippen LogP contribution in [-0.4, -0.2) is 23.5 Å². The van der Waals surface area contributed by atoms with Gasteiger partial charge in [-0.15, -0.1) is 0 Å². The zero-order valence-electron chi connectivity index (χ0n) is 12.2. The van der Waals surface area contributed by atoms with Crippen LogP contribution >= 0.6 is 11.6 Å². The lowest BCUT2D eigenvalue weighted by Gasteiger charge is -2.07. The Bertz CT molecular complexity index is 931. The van der Waals surface area contributed by atoms with Gasteiger partial charge >= 0.3 is 0 Å². The normalized spacial score (nSPS) is 10.7. The molecule has 0 saturated heterocycles. The summed E-state index contributed by atoms with van der Waals surface area (Å²) < 4.78 is 6.48. The number of rotatable bonds is 3. The number of aromatic nitrogens is 1. The van der Waals surface area contributed by atoms with Gasteiger partial charge in [0.05, 0.1) is 23.2 Å². The first-order valence-corrected chi connectivity index (χ1v) is 7.19. The van der Waals surface area contributed by atoms with E-state index >= 15 is 0 Å². The lowest BCUT2D eigenvalue weighted by molar-refractivity contribution is 0.0965. The van der Waals surface area contributed by atoms with Crippen LogP contribution in [0.1, 0.15) is 20.7 Å². The van der Waals surface area contributed by atoms with Crippen molar-refractivity contribution >= 4 is 34.3 Å². The number of methoxy groups -OCH3 is 1. The van der Waals surface area contributed by atoms with Crippen LogP contribution in [-0.2, 0) is 0 Å². The molecule has 1 heterocycles. The Morgan fingerprint density at radius 2 is 1.91 bits per heavy atom. The number of halogens is 1. The average Bonchev–Trinajstić information content (AvgIpc) is 2.94. The molecule has 2 aromatic carbocycles. The van der Waals surface area contributed by atoms with Gasteiger partial charge in [-0.1, -0.05) is 29.8 Å². The molecule has 0 bridgehead atoms. The number of ether oxygens (including phenoxy) is 1. The fourth-order valence-electron chi connectivity index (χ4n) is 2.48. The van der Waals surface area contributed by atoms with E-state index in [0.29, 0.717) is 32.8 Å². The third-order valence-corrected chi connectivity index (χ3v) is 3.89. The number of carbonyl (C=O) groups is 2. The fraction of sp³-hybridized carbons (Fsp3) is 0.0588. The number of para-hydroxylation sites is 1. The number of nitrogens with zero attached hydrogens (tertiary/aromatic N) is 1. The second-order valence-electron chi connectivity index (χ2n) is 4.95. The number of benzene rings is 2. The Labute approximate surface area is 137 Å². The molecule has 2 N–H and O–H groups in total. The molecule has 6 heteroatoms. The maximum absolute atomic E-state index is 12.8. The molecular formula is C17H13ClN2O3. The summed E-state index contributed by atoms with van der Waals surface area (Å²) in [4.78, 5) is 24.3. The highest BCUT2D eigenvalue weighted by Crippen LogP contribution is 2.27. The Hall–Kier alpha value is -2.79. The zero-order valence-corrected chi connectivity index (χ0v) is 13.0. The van der Waals surface area contributed by atoms with Crippen molar-refractivity contribution in [1.29, 1.82) is 0 Å². The molecule has 0 saturated carbocycles. The molecule has 116 valence electrons. The third kappa shape index (κ3) is 2.55. The first-order chi connectivity index (χ1) is 11.0. The first kappa shape index (κ1) is 15.1. The van der Waals surface area contributed by atoms with Gasteiger partial charge in [0, 0.05) is 17.1 Å². The minimum Gasteiger partial charge on any atom is -0.495 e. The molecule has 0 radical (unpaired) electrons. The molecule has 5 nitrogen and oxygen atoms in total. The maximum Gasteiger partial charge on any atom is 0.262 e. The lowest BCUT2D eigenvalue weighted by Crippen LogP contribution is -2.12. The Balaban J connectivity index is 2.15. The van der Waals surface area contributed by atoms with Gasteiger partial charge < -0.3 is 10.5 Å². The predicted molar refractivity (Wildman–Crippen MR) is 88.2 cm³/mol. The van der Waals surface area contributed by atoms with Crippen molar-refractivity contribution in [3.8, 4) is 5.75 Å². The first-order valence-electron chi connectivity index (χ1n) is 6.81. The highest BCUT2D eigenvalue weighted by molar-refractivity contribution is 6.32. The summed E-state index contributed by atoms with van der Waals surface area (Å²) in [6.07, 6.45) is 1.45. The molecule has 3 rings (SSSR count). The fourth-order valence-corrected chi connectivity index (χ4v) is 2.74. The van der Waals surface area contributed by atoms with Crippen molar-refractivity contribution in [3.63, 3.8) is 0 Å². The molecule has 23 heavy (non-hydrogen) atoms. The molecule has 1 amide bonds. The van der Waals surface area contributed by atoms with Crippen molar-refractivity contribution in [2.75, 3.05) is 7.11 Å². The summed E-state index contributed by atoms with van der Waals surface area (Å²) in [6, 6.07) is 11.8. The van der Waals surface area contributed by atoms with Gasteiger partial charge in [0.15, 0.2) is 0 Å². The van der Waals surface area contributed by atoms with Gasteiger partial charge in [-0.25, -0.2) is 0 Å². The zero-order chi connectivity index (χ0) is 16.6. The summed E-state index contributed by atoms with van der Waals surface area (Å²) in [6.45, 7) is 0. The Kier molecular flexibility index (Phi) is 3.80. The Morgan fingerprint density at radius 1 is 1.17 bits per heavy atom. The molecule has 0 spiro atoms. The summed E-state index contributed by atoms with van der Waals surface area (Å²) in [7, 11) is 1.50. The smallest absolute Gasteiger partial charge is 0.262 e. The third-order valence-electron chi connectivity index (χ3n) is 3.59. The number of amides is 1. The van der Waals surface area contributed by atoms with Crippen molar-refractivity contribution in [2.45, 2.75) is 0 Å². The highest BCUT2D eigenvalue weighted by atomic mass is 35.5. The number of fused-ring (bicyclic) bond motifs is 1. The van der Waals surface area contributed by atoms with E-state index in [1.807, 2.05) is 0 Å². The quantitative estimate of drug-likeness (QED) is 0.802. The molecular weight excluding hydrogens is 316 g/mol. The van der Waals surface area contributed by atoms with Gasteiger partial charge in [0.1, 0.15) is 5.75 Å². The van der Waals surface area contributed by atoms with E-state index in [4.69, 9.17) is 22.1 Å². The van der Waals surface area contributed by atoms with Crippen LogP contribution in [0.15, 0.2) is 48.7 Å². The predicted octanol–water partition coefficient (Wildman–Crippen LogP) is 3.09. The van der Waals surface area contributed by atoms with Crippen molar-refractivity contribution in [2.24, 2.45) is 5.73 Å². The molecule has 0 aliphatic rings. The standard InChI is InChI=1S/C17H13ClN2O3/c1-23-15-7-6-10(8-13(15)18)17(22)20-9-12(16(19)21)11-4-2-3-5-14(11)20/h2-9H,1H3,(H2,19,21). The number of hydrogen-bond donors (Lipinski definition) is 1. The topological polar surface area (TPSA) is 74.3 Å². The van der Waals surface area contributed by atoms with E-state index in [1.165, 1.54) is 23.9 Å². The lowest BCUT2D eigenvalue weighted by atomic mass is 10.1. The van der Waals surface area contributed by atoms with Crippen LogP contribution in [0.2, 0.25) is 5.02 Å². The van der Waals surface area contributed by atoms with Gasteiger partial charge in [0.2, 0.25) is 0 Å². The molecule has 0 fully saturated rings. The van der Waals surface area contributed by atoms with E-state index in [1.54, 1.807) is 36.4 Å². The van der Waals surface area contributed by atoms with Crippen LogP contribution in [0.3, 0.4) is 0 Å². The largest absolute Gasteiger partial charge is 0.495 e. The molecule has 1 aromatic heterocycles. The second kappa shape index (κ2) is 5.78. The van der Waals surface area contributed by atoms with Crippen LogP contribution in [0.25, 0.3) is 10.9 Å². The molecule has 0 aliphatic heterocycles. The minimum absolute atomic E-state index is 0.300. The van der Waals surface area contributed by atoms with E-state index < -0.39 is 5.91 Å². The number of nitrogens with two attached hydrogens (primary N) is 1. The van der Waals surface area contributed by atoms with Crippen LogP contribution < -0.4 is 10.5 Å². The summed E-state index contributed by atoms with van der Waals surface area (Å²) in [5.41, 5.74) is 6.68. The van der Waals surface area contributed by atoms with Gasteiger partial charge in [-0.05, 0) is 24.3 Å². The van der Waals surface area contributed by atoms with E-state index in [0.717, 1.165) is 0 Å². The van der Waals surface area contributed by atoms with E-state index in [9.17, 15) is 9.59 Å². The summed E-state index contributed by atoms with van der Waals surface area (Å²) >= 11 is 6.07. The molecule has 0 unspecified atom stereocenters. The van der Waals surface area contributed by atoms with Crippen LogP contribution in [0, 0.1) is 0 Å². The van der Waals surface area contributed by atoms with Crippen molar-refractivity contribution < 1.29 is 14.3 Å². The summed E-state index contributed by atoms with van der Waals surface area (Å²) in [5, 5.41) is 0.970.